The molecule has 0 fully saturated rings. The van der Waals surface area contributed by atoms with Crippen LogP contribution in [0.3, 0.4) is 0 Å². The second-order valence-electron chi connectivity index (χ2n) is 8.88. The predicted octanol–water partition coefficient (Wildman–Crippen LogP) is 4.43. The van der Waals surface area contributed by atoms with Gasteiger partial charge in [-0.05, 0) is 77.2 Å². The van der Waals surface area contributed by atoms with Crippen molar-refractivity contribution in [2.75, 3.05) is 0 Å². The maximum Gasteiger partial charge on any atom is 0.269 e. The largest absolute Gasteiger partial charge is 0.269 e. The number of benzene rings is 4. The van der Waals surface area contributed by atoms with Gasteiger partial charge in [0.2, 0.25) is 0 Å². The third-order valence-electron chi connectivity index (χ3n) is 6.79. The van der Waals surface area contributed by atoms with Crippen molar-refractivity contribution in [2.24, 2.45) is 0 Å². The third kappa shape index (κ3) is 3.19. The minimum absolute atomic E-state index is 0.108. The number of imidazole rings is 2. The van der Waals surface area contributed by atoms with Gasteiger partial charge in [0.15, 0.2) is 0 Å². The number of para-hydroxylation sites is 4. The Labute approximate surface area is 212 Å². The van der Waals surface area contributed by atoms with Crippen molar-refractivity contribution in [3.63, 3.8) is 0 Å². The quantitative estimate of drug-likeness (QED) is 0.336. The van der Waals surface area contributed by atoms with Crippen molar-refractivity contribution in [2.45, 2.75) is 16.2 Å². The molecule has 2 heterocycles. The van der Waals surface area contributed by atoms with Gasteiger partial charge in [0.05, 0.1) is 31.9 Å². The fourth-order valence-corrected chi connectivity index (χ4v) is 7.57. The molecular formula is C27H18N4O4S2. The number of hydrogen-bond acceptors (Lipinski definition) is 6. The van der Waals surface area contributed by atoms with E-state index in [0.29, 0.717) is 39.6 Å². The Morgan fingerprint density at radius 1 is 0.568 bits per heavy atom. The second-order valence-corrected chi connectivity index (χ2v) is 12.5. The molecule has 0 atom stereocenters. The molecule has 0 amide bonds. The third-order valence-corrected chi connectivity index (χ3v) is 10.1. The fourth-order valence-electron chi connectivity index (χ4n) is 4.93. The van der Waals surface area contributed by atoms with Crippen molar-refractivity contribution in [1.82, 2.24) is 17.9 Å². The Morgan fingerprint density at radius 2 is 1.00 bits per heavy atom. The molecule has 6 aromatic rings. The van der Waals surface area contributed by atoms with Crippen LogP contribution in [0.25, 0.3) is 33.2 Å². The molecule has 37 heavy (non-hydrogen) atoms. The van der Waals surface area contributed by atoms with Gasteiger partial charge in [-0.15, -0.1) is 0 Å². The number of nitrogens with zero attached hydrogens (tertiary/aromatic N) is 4. The first-order valence-electron chi connectivity index (χ1n) is 11.5. The zero-order valence-electron chi connectivity index (χ0n) is 19.2. The van der Waals surface area contributed by atoms with E-state index in [-0.39, 0.29) is 9.79 Å². The Kier molecular flexibility index (Phi) is 4.52. The highest BCUT2D eigenvalue weighted by atomic mass is 32.2. The lowest BCUT2D eigenvalue weighted by molar-refractivity contribution is 0.587. The smallest absolute Gasteiger partial charge is 0.236 e. The van der Waals surface area contributed by atoms with Crippen LogP contribution in [-0.4, -0.2) is 34.7 Å². The van der Waals surface area contributed by atoms with E-state index in [4.69, 9.17) is 0 Å². The molecule has 0 saturated carbocycles. The van der Waals surface area contributed by atoms with E-state index >= 15 is 0 Å². The van der Waals surface area contributed by atoms with Crippen LogP contribution in [0.5, 0.6) is 0 Å². The van der Waals surface area contributed by atoms with Crippen molar-refractivity contribution in [3.8, 4) is 11.1 Å². The van der Waals surface area contributed by atoms with Crippen LogP contribution in [-0.2, 0) is 26.5 Å². The summed E-state index contributed by atoms with van der Waals surface area (Å²) in [4.78, 5) is 8.64. The molecular weight excluding hydrogens is 508 g/mol. The summed E-state index contributed by atoms with van der Waals surface area (Å²) in [7, 11) is -7.84. The molecule has 7 rings (SSSR count). The summed E-state index contributed by atoms with van der Waals surface area (Å²) in [6, 6.07) is 24.1. The Morgan fingerprint density at radius 3 is 1.46 bits per heavy atom. The first-order valence-corrected chi connectivity index (χ1v) is 14.3. The average Bonchev–Trinajstić information content (AvgIpc) is 3.63. The highest BCUT2D eigenvalue weighted by molar-refractivity contribution is 7.90. The highest BCUT2D eigenvalue weighted by Gasteiger charge is 2.27. The number of hydrogen-bond donors (Lipinski definition) is 0. The minimum atomic E-state index is -3.92. The molecule has 4 aromatic carbocycles. The molecule has 1 aliphatic carbocycles. The van der Waals surface area contributed by atoms with Gasteiger partial charge in [-0.2, -0.15) is 0 Å². The van der Waals surface area contributed by atoms with Crippen LogP contribution in [0, 0.1) is 0 Å². The summed E-state index contributed by atoms with van der Waals surface area (Å²) in [5.74, 6) is 0. The number of fused-ring (bicyclic) bond motifs is 5. The summed E-state index contributed by atoms with van der Waals surface area (Å²) in [6.07, 6.45) is 3.20. The minimum Gasteiger partial charge on any atom is -0.236 e. The van der Waals surface area contributed by atoms with Gasteiger partial charge >= 0.3 is 0 Å². The second kappa shape index (κ2) is 7.61. The first-order chi connectivity index (χ1) is 17.8. The van der Waals surface area contributed by atoms with Crippen molar-refractivity contribution in [3.05, 3.63) is 109 Å². The van der Waals surface area contributed by atoms with E-state index in [2.05, 4.69) is 9.97 Å². The summed E-state index contributed by atoms with van der Waals surface area (Å²) < 4.78 is 56.5. The van der Waals surface area contributed by atoms with Gasteiger partial charge < -0.3 is 0 Å². The normalized spacial score (nSPS) is 13.2. The van der Waals surface area contributed by atoms with Crippen LogP contribution in [0.2, 0.25) is 0 Å². The maximum atomic E-state index is 13.5. The maximum absolute atomic E-state index is 13.5. The van der Waals surface area contributed by atoms with E-state index in [9.17, 15) is 16.8 Å². The van der Waals surface area contributed by atoms with Gasteiger partial charge in [0.25, 0.3) is 20.0 Å². The first kappa shape index (κ1) is 22.0. The monoisotopic (exact) mass is 526 g/mol. The molecule has 8 nitrogen and oxygen atoms in total. The predicted molar refractivity (Wildman–Crippen MR) is 139 cm³/mol. The lowest BCUT2D eigenvalue weighted by atomic mass is 10.1. The van der Waals surface area contributed by atoms with Gasteiger partial charge in [0.1, 0.15) is 12.7 Å². The van der Waals surface area contributed by atoms with Gasteiger partial charge in [-0.1, -0.05) is 36.4 Å². The molecule has 0 radical (unpaired) electrons. The van der Waals surface area contributed by atoms with Crippen molar-refractivity contribution >= 4 is 42.1 Å². The molecule has 0 spiro atoms. The standard InChI is InChI=1S/C27H18N4O4S2/c32-36(33,30-16-28-24-5-1-3-7-26(24)30)20-11-9-18-13-19-10-12-21(15-23(19)22(18)14-20)37(34,35)31-17-29-25-6-2-4-8-27(25)31/h1-12,14-17H,13H2. The van der Waals surface area contributed by atoms with Crippen LogP contribution < -0.4 is 0 Å². The topological polar surface area (TPSA) is 104 Å². The molecule has 0 N–H and O–H groups in total. The van der Waals surface area contributed by atoms with Crippen LogP contribution in [0.15, 0.2) is 107 Å². The van der Waals surface area contributed by atoms with E-state index in [1.54, 1.807) is 84.9 Å². The lowest BCUT2D eigenvalue weighted by Gasteiger charge is -2.11. The fraction of sp³-hybridized carbons (Fsp3) is 0.0370. The van der Waals surface area contributed by atoms with Crippen LogP contribution >= 0.6 is 0 Å². The zero-order valence-corrected chi connectivity index (χ0v) is 20.8. The van der Waals surface area contributed by atoms with Gasteiger partial charge in [-0.25, -0.2) is 34.7 Å². The molecule has 0 aliphatic heterocycles. The summed E-state index contributed by atoms with van der Waals surface area (Å²) in [5.41, 5.74) is 5.42. The average molecular weight is 527 g/mol. The van der Waals surface area contributed by atoms with E-state index in [1.165, 1.54) is 20.6 Å². The summed E-state index contributed by atoms with van der Waals surface area (Å²) >= 11 is 0. The van der Waals surface area contributed by atoms with Crippen molar-refractivity contribution < 1.29 is 16.8 Å². The highest BCUT2D eigenvalue weighted by Crippen LogP contribution is 2.40. The summed E-state index contributed by atoms with van der Waals surface area (Å²) in [5, 5.41) is 0. The van der Waals surface area contributed by atoms with Crippen molar-refractivity contribution in [1.29, 1.82) is 0 Å². The molecule has 182 valence electrons. The molecule has 1 aliphatic rings. The van der Waals surface area contributed by atoms with E-state index < -0.39 is 20.0 Å². The SMILES string of the molecule is O=S(=O)(c1ccc2c(c1)-c1cc(S(=O)(=O)n3cnc4ccccc43)ccc1C2)n1cnc2ccccc21. The Hall–Kier alpha value is -4.28. The lowest BCUT2D eigenvalue weighted by Crippen LogP contribution is -2.12. The van der Waals surface area contributed by atoms with Gasteiger partial charge in [-0.3, -0.25) is 0 Å². The molecule has 10 heteroatoms. The molecule has 0 saturated heterocycles. The number of rotatable bonds is 4. The van der Waals surface area contributed by atoms with E-state index in [1.807, 2.05) is 0 Å². The van der Waals surface area contributed by atoms with Crippen LogP contribution in [0.4, 0.5) is 0 Å². The Bertz CT molecular complexity index is 1960. The molecule has 0 unspecified atom stereocenters. The molecule has 2 aromatic heterocycles. The Balaban J connectivity index is 1.35. The summed E-state index contributed by atoms with van der Waals surface area (Å²) in [6.45, 7) is 0. The molecule has 0 bridgehead atoms. The zero-order chi connectivity index (χ0) is 25.4. The van der Waals surface area contributed by atoms with E-state index in [0.717, 1.165) is 11.1 Å². The van der Waals surface area contributed by atoms with Gasteiger partial charge in [0, 0.05) is 0 Å². The number of aromatic nitrogens is 4. The van der Waals surface area contributed by atoms with Crippen LogP contribution in [0.1, 0.15) is 11.1 Å².